The van der Waals surface area contributed by atoms with Crippen molar-refractivity contribution in [2.75, 3.05) is 38.0 Å². The smallest absolute Gasteiger partial charge is 0.319 e. The van der Waals surface area contributed by atoms with Crippen LogP contribution in [0.1, 0.15) is 6.92 Å². The van der Waals surface area contributed by atoms with Crippen LogP contribution in [0.3, 0.4) is 0 Å². The molecular weight excluding hydrogens is 350 g/mol. The number of carbonyl (C=O) groups excluding carboxylic acids is 2. The minimum absolute atomic E-state index is 0.207. The van der Waals surface area contributed by atoms with Crippen LogP contribution in [0, 0.1) is 0 Å². The highest BCUT2D eigenvalue weighted by molar-refractivity contribution is 5.93. The number of rotatable bonds is 8. The first-order valence-corrected chi connectivity index (χ1v) is 8.29. The van der Waals surface area contributed by atoms with Crippen LogP contribution in [0.25, 0.3) is 0 Å². The van der Waals surface area contributed by atoms with Gasteiger partial charge in [-0.25, -0.2) is 4.79 Å². The molecule has 2 aromatic rings. The maximum absolute atomic E-state index is 12.0. The molecule has 3 N–H and O–H groups in total. The van der Waals surface area contributed by atoms with Crippen LogP contribution in [0.4, 0.5) is 16.2 Å². The number of methoxy groups -OCH3 is 2. The van der Waals surface area contributed by atoms with Crippen molar-refractivity contribution in [3.8, 4) is 17.2 Å². The number of amides is 3. The van der Waals surface area contributed by atoms with E-state index in [-0.39, 0.29) is 11.9 Å². The van der Waals surface area contributed by atoms with Crippen molar-refractivity contribution in [2.45, 2.75) is 6.92 Å². The topological polar surface area (TPSA) is 97.9 Å². The highest BCUT2D eigenvalue weighted by atomic mass is 16.5. The van der Waals surface area contributed by atoms with Gasteiger partial charge in [0.1, 0.15) is 12.4 Å². The Bertz CT molecular complexity index is 795. The number of hydrogen-bond donors (Lipinski definition) is 3. The largest absolute Gasteiger partial charge is 0.494 e. The molecule has 2 aromatic carbocycles. The molecule has 0 bridgehead atoms. The summed E-state index contributed by atoms with van der Waals surface area (Å²) >= 11 is 0. The van der Waals surface area contributed by atoms with Crippen molar-refractivity contribution in [1.29, 1.82) is 0 Å². The van der Waals surface area contributed by atoms with E-state index < -0.39 is 0 Å². The van der Waals surface area contributed by atoms with Gasteiger partial charge in [0.05, 0.1) is 26.5 Å². The Balaban J connectivity index is 1.82. The molecular formula is C19H23N3O5. The van der Waals surface area contributed by atoms with Crippen LogP contribution < -0.4 is 30.2 Å². The van der Waals surface area contributed by atoms with Crippen molar-refractivity contribution < 1.29 is 23.8 Å². The average molecular weight is 373 g/mol. The molecule has 2 rings (SSSR count). The third-order valence-corrected chi connectivity index (χ3v) is 3.48. The van der Waals surface area contributed by atoms with E-state index in [0.717, 1.165) is 0 Å². The molecule has 0 spiro atoms. The summed E-state index contributed by atoms with van der Waals surface area (Å²) in [7, 11) is 3.05. The van der Waals surface area contributed by atoms with Gasteiger partial charge in [-0.1, -0.05) is 12.1 Å². The van der Waals surface area contributed by atoms with Gasteiger partial charge in [-0.15, -0.1) is 0 Å². The number of hydrogen-bond acceptors (Lipinski definition) is 5. The quantitative estimate of drug-likeness (QED) is 0.618. The molecule has 0 heterocycles. The van der Waals surface area contributed by atoms with E-state index in [0.29, 0.717) is 41.8 Å². The summed E-state index contributed by atoms with van der Waals surface area (Å²) in [4.78, 5) is 23.2. The number of ether oxygens (including phenoxy) is 3. The molecule has 0 saturated carbocycles. The molecule has 0 radical (unpaired) electrons. The normalized spacial score (nSPS) is 9.89. The van der Waals surface area contributed by atoms with Crippen molar-refractivity contribution in [3.63, 3.8) is 0 Å². The second kappa shape index (κ2) is 9.91. The summed E-state index contributed by atoms with van der Waals surface area (Å²) in [5, 5.41) is 8.04. The van der Waals surface area contributed by atoms with Crippen molar-refractivity contribution in [1.82, 2.24) is 5.32 Å². The highest BCUT2D eigenvalue weighted by Gasteiger charge is 2.08. The van der Waals surface area contributed by atoms with E-state index in [2.05, 4.69) is 16.0 Å². The minimum atomic E-state index is -0.382. The van der Waals surface area contributed by atoms with Crippen LogP contribution in [0.5, 0.6) is 17.2 Å². The van der Waals surface area contributed by atoms with Gasteiger partial charge in [-0.2, -0.15) is 0 Å². The SMILES string of the molecule is COc1cc(NC(=O)NCCOc2ccccc2OC)ccc1NC(C)=O. The van der Waals surface area contributed by atoms with E-state index >= 15 is 0 Å². The van der Waals surface area contributed by atoms with Crippen LogP contribution in [0.2, 0.25) is 0 Å². The molecule has 0 aliphatic heterocycles. The van der Waals surface area contributed by atoms with Crippen LogP contribution in [-0.2, 0) is 4.79 Å². The van der Waals surface area contributed by atoms with Crippen LogP contribution >= 0.6 is 0 Å². The number of urea groups is 1. The highest BCUT2D eigenvalue weighted by Crippen LogP contribution is 2.28. The zero-order valence-corrected chi connectivity index (χ0v) is 15.5. The first kappa shape index (κ1) is 19.9. The third kappa shape index (κ3) is 6.10. The molecule has 0 aliphatic rings. The summed E-state index contributed by atoms with van der Waals surface area (Å²) in [6.45, 7) is 2.01. The first-order chi connectivity index (χ1) is 13.0. The van der Waals surface area contributed by atoms with E-state index in [9.17, 15) is 9.59 Å². The lowest BCUT2D eigenvalue weighted by atomic mass is 10.2. The Morgan fingerprint density at radius 1 is 0.926 bits per heavy atom. The van der Waals surface area contributed by atoms with Crippen LogP contribution in [-0.4, -0.2) is 39.3 Å². The second-order valence-electron chi connectivity index (χ2n) is 5.48. The molecule has 0 aliphatic carbocycles. The summed E-state index contributed by atoms with van der Waals surface area (Å²) in [5.41, 5.74) is 1.06. The fourth-order valence-corrected chi connectivity index (χ4v) is 2.30. The summed E-state index contributed by atoms with van der Waals surface area (Å²) in [5.74, 6) is 1.48. The minimum Gasteiger partial charge on any atom is -0.494 e. The van der Waals surface area contributed by atoms with Gasteiger partial charge in [0, 0.05) is 18.7 Å². The van der Waals surface area contributed by atoms with E-state index in [1.165, 1.54) is 14.0 Å². The standard InChI is InChI=1S/C19H23N3O5/c1-13(23)21-15-9-8-14(12-18(15)26-3)22-19(24)20-10-11-27-17-7-5-4-6-16(17)25-2/h4-9,12H,10-11H2,1-3H3,(H,21,23)(H2,20,22,24). The van der Waals surface area contributed by atoms with Gasteiger partial charge >= 0.3 is 6.03 Å². The molecule has 0 fully saturated rings. The predicted octanol–water partition coefficient (Wildman–Crippen LogP) is 2.86. The van der Waals surface area contributed by atoms with Crippen molar-refractivity contribution in [3.05, 3.63) is 42.5 Å². The Morgan fingerprint density at radius 2 is 1.63 bits per heavy atom. The molecule has 0 atom stereocenters. The monoisotopic (exact) mass is 373 g/mol. The predicted molar refractivity (Wildman–Crippen MR) is 103 cm³/mol. The van der Waals surface area contributed by atoms with E-state index in [1.807, 2.05) is 12.1 Å². The van der Waals surface area contributed by atoms with Gasteiger partial charge in [-0.05, 0) is 24.3 Å². The Kier molecular flexibility index (Phi) is 7.30. The lowest BCUT2D eigenvalue weighted by molar-refractivity contribution is -0.114. The van der Waals surface area contributed by atoms with Gasteiger partial charge in [0.15, 0.2) is 11.5 Å². The number of para-hydroxylation sites is 2. The Hall–Kier alpha value is -3.42. The molecule has 8 nitrogen and oxygen atoms in total. The molecule has 27 heavy (non-hydrogen) atoms. The molecule has 144 valence electrons. The van der Waals surface area contributed by atoms with E-state index in [4.69, 9.17) is 14.2 Å². The zero-order chi connectivity index (χ0) is 19.6. The van der Waals surface area contributed by atoms with Gasteiger partial charge < -0.3 is 30.2 Å². The summed E-state index contributed by atoms with van der Waals surface area (Å²) < 4.78 is 16.0. The second-order valence-corrected chi connectivity index (χ2v) is 5.48. The summed E-state index contributed by atoms with van der Waals surface area (Å²) in [6, 6.07) is 11.8. The first-order valence-electron chi connectivity index (χ1n) is 8.29. The van der Waals surface area contributed by atoms with Crippen molar-refractivity contribution in [2.24, 2.45) is 0 Å². The maximum atomic E-state index is 12.0. The third-order valence-electron chi connectivity index (χ3n) is 3.48. The van der Waals surface area contributed by atoms with Crippen molar-refractivity contribution >= 4 is 23.3 Å². The molecule has 3 amide bonds. The number of anilines is 2. The van der Waals surface area contributed by atoms with E-state index in [1.54, 1.807) is 37.4 Å². The zero-order valence-electron chi connectivity index (χ0n) is 15.5. The van der Waals surface area contributed by atoms with Gasteiger partial charge in [-0.3, -0.25) is 4.79 Å². The summed E-state index contributed by atoms with van der Waals surface area (Å²) in [6.07, 6.45) is 0. The molecule has 0 unspecified atom stereocenters. The fourth-order valence-electron chi connectivity index (χ4n) is 2.30. The average Bonchev–Trinajstić information content (AvgIpc) is 2.66. The lowest BCUT2D eigenvalue weighted by Crippen LogP contribution is -2.32. The van der Waals surface area contributed by atoms with Crippen LogP contribution in [0.15, 0.2) is 42.5 Å². The Morgan fingerprint density at radius 3 is 2.30 bits per heavy atom. The number of carbonyl (C=O) groups is 2. The Labute approximate surface area is 157 Å². The van der Waals surface area contributed by atoms with Gasteiger partial charge in [0.2, 0.25) is 5.91 Å². The number of benzene rings is 2. The molecule has 0 saturated heterocycles. The number of nitrogens with one attached hydrogen (secondary N) is 3. The lowest BCUT2D eigenvalue weighted by Gasteiger charge is -2.13. The molecule has 0 aromatic heterocycles. The molecule has 8 heteroatoms. The van der Waals surface area contributed by atoms with Gasteiger partial charge in [0.25, 0.3) is 0 Å². The fraction of sp³-hybridized carbons (Fsp3) is 0.263. The maximum Gasteiger partial charge on any atom is 0.319 e.